The Hall–Kier alpha value is -4.46. The molecule has 0 spiro atoms. The fourth-order valence-corrected chi connectivity index (χ4v) is 3.79. The summed E-state index contributed by atoms with van der Waals surface area (Å²) in [6.45, 7) is 2.40. The number of carbonyl (C=O) groups excluding carboxylic acids is 1. The molecule has 0 saturated heterocycles. The highest BCUT2D eigenvalue weighted by molar-refractivity contribution is 6.32. The van der Waals surface area contributed by atoms with Gasteiger partial charge in [0.05, 0.1) is 40.6 Å². The van der Waals surface area contributed by atoms with E-state index in [1.54, 1.807) is 43.5 Å². The lowest BCUT2D eigenvalue weighted by molar-refractivity contribution is 0.105. The van der Waals surface area contributed by atoms with Crippen LogP contribution in [-0.4, -0.2) is 45.8 Å². The highest BCUT2D eigenvalue weighted by atomic mass is 16.5. The number of allylic oxidation sites excluding steroid dienone is 1. The summed E-state index contributed by atoms with van der Waals surface area (Å²) >= 11 is 0. The summed E-state index contributed by atoms with van der Waals surface area (Å²) in [6, 6.07) is 15.9. The van der Waals surface area contributed by atoms with Crippen molar-refractivity contribution in [1.82, 2.24) is 4.98 Å². The van der Waals surface area contributed by atoms with Gasteiger partial charge >= 0.3 is 0 Å². The Bertz CT molecular complexity index is 1360. The molecule has 0 fully saturated rings. The molecule has 1 heterocycles. The zero-order valence-corrected chi connectivity index (χ0v) is 20.8. The van der Waals surface area contributed by atoms with E-state index >= 15 is 0 Å². The molecule has 1 aromatic heterocycles. The molecule has 186 valence electrons. The van der Waals surface area contributed by atoms with Crippen LogP contribution in [0.15, 0.2) is 59.0 Å². The third-order valence-corrected chi connectivity index (χ3v) is 5.49. The number of carbonyl (C=O) groups is 1. The number of benzene rings is 3. The molecule has 8 heteroatoms. The van der Waals surface area contributed by atoms with Crippen LogP contribution in [0.1, 0.15) is 28.7 Å². The maximum atomic E-state index is 13.9. The molecule has 0 aliphatic carbocycles. The minimum atomic E-state index is -0.339. The van der Waals surface area contributed by atoms with E-state index in [0.717, 1.165) is 0 Å². The van der Waals surface area contributed by atoms with E-state index in [9.17, 15) is 4.79 Å². The van der Waals surface area contributed by atoms with Crippen molar-refractivity contribution in [3.05, 3.63) is 71.6 Å². The van der Waals surface area contributed by atoms with Crippen molar-refractivity contribution < 1.29 is 32.9 Å². The van der Waals surface area contributed by atoms with Gasteiger partial charge in [0.15, 0.2) is 34.4 Å². The van der Waals surface area contributed by atoms with E-state index in [1.165, 1.54) is 21.3 Å². The molecule has 0 unspecified atom stereocenters. The number of ether oxygens (including phenoxy) is 5. The number of para-hydroxylation sites is 2. The summed E-state index contributed by atoms with van der Waals surface area (Å²) in [5.74, 6) is 2.11. The number of ketones is 1. The van der Waals surface area contributed by atoms with E-state index in [4.69, 9.17) is 28.1 Å². The number of methoxy groups -OCH3 is 4. The fraction of sp³-hybridized carbons (Fsp3) is 0.214. The SMILES string of the molecule is CCOc1ccc(C=C(C(=O)c2cc(OC)c(OC)c(OC)c2)c2nc3ccccc3o2)cc1OC. The van der Waals surface area contributed by atoms with E-state index in [-0.39, 0.29) is 17.2 Å². The third-order valence-electron chi connectivity index (χ3n) is 5.49. The lowest BCUT2D eigenvalue weighted by atomic mass is 9.99. The van der Waals surface area contributed by atoms with Crippen LogP contribution in [0.2, 0.25) is 0 Å². The first-order valence-electron chi connectivity index (χ1n) is 11.3. The van der Waals surface area contributed by atoms with E-state index in [1.807, 2.05) is 31.2 Å². The number of hydrogen-bond donors (Lipinski definition) is 0. The molecule has 0 aliphatic rings. The monoisotopic (exact) mass is 489 g/mol. The minimum Gasteiger partial charge on any atom is -0.493 e. The normalized spacial score (nSPS) is 11.3. The Morgan fingerprint density at radius 3 is 2.17 bits per heavy atom. The highest BCUT2D eigenvalue weighted by Gasteiger charge is 2.24. The summed E-state index contributed by atoms with van der Waals surface area (Å²) in [6.07, 6.45) is 1.70. The second kappa shape index (κ2) is 10.9. The molecule has 4 rings (SSSR count). The predicted molar refractivity (Wildman–Crippen MR) is 136 cm³/mol. The van der Waals surface area contributed by atoms with Crippen LogP contribution in [0.25, 0.3) is 22.7 Å². The number of Topliss-reactive ketones (excluding diaryl/α,β-unsaturated/α-hetero) is 1. The first kappa shape index (κ1) is 24.7. The summed E-state index contributed by atoms with van der Waals surface area (Å²) in [5.41, 5.74) is 2.47. The number of hydrogen-bond acceptors (Lipinski definition) is 8. The average molecular weight is 490 g/mol. The standard InChI is InChI=1S/C28H27NO7/c1-6-35-22-12-11-17(14-23(22)31-2)13-19(28-29-20-9-7-8-10-21(20)36-28)26(30)18-15-24(32-3)27(34-5)25(16-18)33-4/h7-16H,6H2,1-5H3. The smallest absolute Gasteiger partial charge is 0.231 e. The molecule has 3 aromatic carbocycles. The van der Waals surface area contributed by atoms with Crippen LogP contribution < -0.4 is 23.7 Å². The number of aromatic nitrogens is 1. The molecular formula is C28H27NO7. The number of nitrogens with zero attached hydrogens (tertiary/aromatic N) is 1. The van der Waals surface area contributed by atoms with Gasteiger partial charge < -0.3 is 28.1 Å². The van der Waals surface area contributed by atoms with Gasteiger partial charge in [-0.2, -0.15) is 0 Å². The summed E-state index contributed by atoms with van der Waals surface area (Å²) in [7, 11) is 6.06. The molecule has 4 aromatic rings. The number of rotatable bonds is 10. The quantitative estimate of drug-likeness (QED) is 0.208. The lowest BCUT2D eigenvalue weighted by Gasteiger charge is -2.14. The van der Waals surface area contributed by atoms with Gasteiger partial charge in [0, 0.05) is 5.56 Å². The van der Waals surface area contributed by atoms with E-state index in [2.05, 4.69) is 4.98 Å². The first-order valence-corrected chi connectivity index (χ1v) is 11.3. The van der Waals surface area contributed by atoms with Crippen molar-refractivity contribution >= 4 is 28.5 Å². The minimum absolute atomic E-state index is 0.183. The topological polar surface area (TPSA) is 89.3 Å². The van der Waals surface area contributed by atoms with Gasteiger partial charge in [-0.15, -0.1) is 0 Å². The maximum Gasteiger partial charge on any atom is 0.231 e. The molecule has 0 saturated carbocycles. The largest absolute Gasteiger partial charge is 0.493 e. The van der Waals surface area contributed by atoms with Gasteiger partial charge in [0.2, 0.25) is 11.6 Å². The highest BCUT2D eigenvalue weighted by Crippen LogP contribution is 2.40. The summed E-state index contributed by atoms with van der Waals surface area (Å²) in [5, 5.41) is 0. The molecule has 0 atom stereocenters. The Morgan fingerprint density at radius 1 is 0.861 bits per heavy atom. The molecule has 0 amide bonds. The molecular weight excluding hydrogens is 462 g/mol. The molecule has 0 bridgehead atoms. The van der Waals surface area contributed by atoms with Gasteiger partial charge in [-0.05, 0) is 55.0 Å². The van der Waals surface area contributed by atoms with Gasteiger partial charge in [-0.3, -0.25) is 4.79 Å². The molecule has 0 aliphatic heterocycles. The van der Waals surface area contributed by atoms with E-state index in [0.29, 0.717) is 57.6 Å². The van der Waals surface area contributed by atoms with Gasteiger partial charge in [-0.25, -0.2) is 4.98 Å². The molecule has 0 radical (unpaired) electrons. The zero-order valence-electron chi connectivity index (χ0n) is 20.8. The van der Waals surface area contributed by atoms with Crippen LogP contribution >= 0.6 is 0 Å². The Kier molecular flexibility index (Phi) is 7.44. The molecule has 36 heavy (non-hydrogen) atoms. The van der Waals surface area contributed by atoms with Crippen molar-refractivity contribution in [3.8, 4) is 28.7 Å². The van der Waals surface area contributed by atoms with Gasteiger partial charge in [0.25, 0.3) is 0 Å². The molecule has 8 nitrogen and oxygen atoms in total. The Labute approximate surface area is 209 Å². The fourth-order valence-electron chi connectivity index (χ4n) is 3.79. The maximum absolute atomic E-state index is 13.9. The second-order valence-corrected chi connectivity index (χ2v) is 7.63. The molecule has 0 N–H and O–H groups in total. The third kappa shape index (κ3) is 4.84. The van der Waals surface area contributed by atoms with Crippen molar-refractivity contribution in [2.45, 2.75) is 6.92 Å². The zero-order chi connectivity index (χ0) is 25.7. The number of oxazole rings is 1. The number of fused-ring (bicyclic) bond motifs is 1. The van der Waals surface area contributed by atoms with Crippen molar-refractivity contribution in [3.63, 3.8) is 0 Å². The van der Waals surface area contributed by atoms with E-state index < -0.39 is 0 Å². The summed E-state index contributed by atoms with van der Waals surface area (Å²) in [4.78, 5) is 18.5. The van der Waals surface area contributed by atoms with Crippen LogP contribution in [0.4, 0.5) is 0 Å². The van der Waals surface area contributed by atoms with Crippen molar-refractivity contribution in [2.24, 2.45) is 0 Å². The van der Waals surface area contributed by atoms with Crippen LogP contribution in [0.5, 0.6) is 28.7 Å². The lowest BCUT2D eigenvalue weighted by Crippen LogP contribution is -2.06. The van der Waals surface area contributed by atoms with Crippen molar-refractivity contribution in [2.75, 3.05) is 35.0 Å². The van der Waals surface area contributed by atoms with Crippen LogP contribution in [0, 0.1) is 0 Å². The van der Waals surface area contributed by atoms with Crippen LogP contribution in [0.3, 0.4) is 0 Å². The Morgan fingerprint density at radius 2 is 1.56 bits per heavy atom. The predicted octanol–water partition coefficient (Wildman–Crippen LogP) is 5.68. The average Bonchev–Trinajstić information content (AvgIpc) is 3.35. The van der Waals surface area contributed by atoms with Crippen LogP contribution in [-0.2, 0) is 0 Å². The van der Waals surface area contributed by atoms with Gasteiger partial charge in [-0.1, -0.05) is 18.2 Å². The second-order valence-electron chi connectivity index (χ2n) is 7.63. The Balaban J connectivity index is 1.88. The first-order chi connectivity index (χ1) is 17.5. The van der Waals surface area contributed by atoms with Crippen molar-refractivity contribution in [1.29, 1.82) is 0 Å². The summed E-state index contributed by atoms with van der Waals surface area (Å²) < 4.78 is 33.4. The van der Waals surface area contributed by atoms with Gasteiger partial charge in [0.1, 0.15) is 5.52 Å².